The van der Waals surface area contributed by atoms with Crippen LogP contribution in [0.3, 0.4) is 0 Å². The first-order chi connectivity index (χ1) is 8.76. The summed E-state index contributed by atoms with van der Waals surface area (Å²) in [5.74, 6) is 0. The first kappa shape index (κ1) is 12.8. The number of hydrogen-bond acceptors (Lipinski definition) is 3. The van der Waals surface area contributed by atoms with Crippen LogP contribution in [0.2, 0.25) is 0 Å². The van der Waals surface area contributed by atoms with E-state index in [0.29, 0.717) is 0 Å². The third kappa shape index (κ3) is 2.61. The van der Waals surface area contributed by atoms with Gasteiger partial charge in [0.05, 0.1) is 17.6 Å². The third-order valence-electron chi connectivity index (χ3n) is 3.16. The molecule has 18 heavy (non-hydrogen) atoms. The Bertz CT molecular complexity index is 497. The summed E-state index contributed by atoms with van der Waals surface area (Å²) in [5, 5.41) is 12.1. The monoisotopic (exact) mass is 247 g/mol. The molecule has 0 aliphatic carbocycles. The van der Waals surface area contributed by atoms with Crippen molar-refractivity contribution in [3.05, 3.63) is 35.4 Å². The average molecular weight is 247 g/mol. The Morgan fingerprint density at radius 2 is 1.89 bits per heavy atom. The molecule has 0 bridgehead atoms. The fourth-order valence-corrected chi connectivity index (χ4v) is 2.11. The van der Waals surface area contributed by atoms with Crippen molar-refractivity contribution >= 4 is 0 Å². The van der Waals surface area contributed by atoms with Gasteiger partial charge < -0.3 is 5.32 Å². The maximum atomic E-state index is 4.34. The summed E-state index contributed by atoms with van der Waals surface area (Å²) >= 11 is 0. The van der Waals surface area contributed by atoms with Crippen LogP contribution < -0.4 is 5.32 Å². The molecule has 0 atom stereocenters. The Kier molecular flexibility index (Phi) is 4.15. The van der Waals surface area contributed by atoms with E-state index in [1.54, 1.807) is 0 Å². The number of aryl methyl sites for hydroxylation is 3. The van der Waals surface area contributed by atoms with Gasteiger partial charge >= 0.3 is 0 Å². The van der Waals surface area contributed by atoms with Crippen LogP contribution in [-0.2, 0) is 26.2 Å². The Morgan fingerprint density at radius 3 is 2.61 bits per heavy atom. The van der Waals surface area contributed by atoms with E-state index in [-0.39, 0.29) is 0 Å². The molecule has 2 rings (SSSR count). The van der Waals surface area contributed by atoms with E-state index in [2.05, 4.69) is 42.4 Å². The van der Waals surface area contributed by atoms with Gasteiger partial charge in [-0.1, -0.05) is 0 Å². The van der Waals surface area contributed by atoms with Crippen molar-refractivity contribution in [3.63, 3.8) is 0 Å². The Hall–Kier alpha value is -1.62. The lowest BCUT2D eigenvalue weighted by Gasteiger charge is -2.09. The van der Waals surface area contributed by atoms with Crippen molar-refractivity contribution in [1.82, 2.24) is 24.9 Å². The minimum atomic E-state index is 0.835. The Morgan fingerprint density at radius 1 is 1.11 bits per heavy atom. The van der Waals surface area contributed by atoms with E-state index in [1.807, 2.05) is 21.8 Å². The molecule has 0 aromatic carbocycles. The van der Waals surface area contributed by atoms with Crippen LogP contribution in [0, 0.1) is 6.92 Å². The van der Waals surface area contributed by atoms with E-state index in [0.717, 1.165) is 26.2 Å². The standard InChI is InChI=1S/C13H21N5/c1-4-17-12(6-7-15-17)9-14-10-13-11(3)8-16-18(13)5-2/h6-8,14H,4-5,9-10H2,1-3H3. The lowest BCUT2D eigenvalue weighted by molar-refractivity contribution is 0.551. The van der Waals surface area contributed by atoms with Gasteiger partial charge in [0.1, 0.15) is 0 Å². The van der Waals surface area contributed by atoms with Crippen LogP contribution in [0.5, 0.6) is 0 Å². The molecule has 2 aromatic heterocycles. The van der Waals surface area contributed by atoms with Crippen molar-refractivity contribution in [3.8, 4) is 0 Å². The number of aromatic nitrogens is 4. The van der Waals surface area contributed by atoms with Crippen molar-refractivity contribution in [2.24, 2.45) is 0 Å². The molecule has 0 amide bonds. The number of nitrogens with one attached hydrogen (secondary N) is 1. The van der Waals surface area contributed by atoms with Gasteiger partial charge in [-0.25, -0.2) is 0 Å². The molecule has 0 unspecified atom stereocenters. The molecule has 0 aliphatic heterocycles. The number of hydrogen-bond donors (Lipinski definition) is 1. The molecule has 98 valence electrons. The summed E-state index contributed by atoms with van der Waals surface area (Å²) in [4.78, 5) is 0. The second-order valence-corrected chi connectivity index (χ2v) is 4.33. The maximum absolute atomic E-state index is 4.34. The minimum Gasteiger partial charge on any atom is -0.306 e. The molecule has 5 heteroatoms. The van der Waals surface area contributed by atoms with Gasteiger partial charge in [-0.05, 0) is 32.4 Å². The van der Waals surface area contributed by atoms with Crippen molar-refractivity contribution in [1.29, 1.82) is 0 Å². The van der Waals surface area contributed by atoms with E-state index >= 15 is 0 Å². The van der Waals surface area contributed by atoms with Crippen molar-refractivity contribution < 1.29 is 0 Å². The predicted octanol–water partition coefficient (Wildman–Crippen LogP) is 1.72. The lowest BCUT2D eigenvalue weighted by Crippen LogP contribution is -2.19. The van der Waals surface area contributed by atoms with Crippen LogP contribution in [0.1, 0.15) is 30.8 Å². The van der Waals surface area contributed by atoms with E-state index < -0.39 is 0 Å². The van der Waals surface area contributed by atoms with Gasteiger partial charge in [-0.3, -0.25) is 9.36 Å². The van der Waals surface area contributed by atoms with Crippen LogP contribution >= 0.6 is 0 Å². The van der Waals surface area contributed by atoms with Gasteiger partial charge in [0.25, 0.3) is 0 Å². The molecule has 0 saturated carbocycles. The summed E-state index contributed by atoms with van der Waals surface area (Å²) in [6.45, 7) is 9.83. The zero-order chi connectivity index (χ0) is 13.0. The highest BCUT2D eigenvalue weighted by atomic mass is 15.3. The summed E-state index contributed by atoms with van der Waals surface area (Å²) in [5.41, 5.74) is 3.73. The second kappa shape index (κ2) is 5.82. The zero-order valence-electron chi connectivity index (χ0n) is 11.3. The highest BCUT2D eigenvalue weighted by Crippen LogP contribution is 2.07. The molecule has 5 nitrogen and oxygen atoms in total. The van der Waals surface area contributed by atoms with Gasteiger partial charge in [0, 0.05) is 32.4 Å². The molecule has 1 N–H and O–H groups in total. The van der Waals surface area contributed by atoms with Crippen LogP contribution in [0.25, 0.3) is 0 Å². The fourth-order valence-electron chi connectivity index (χ4n) is 2.11. The van der Waals surface area contributed by atoms with Crippen LogP contribution in [-0.4, -0.2) is 19.6 Å². The predicted molar refractivity (Wildman–Crippen MR) is 71.1 cm³/mol. The maximum Gasteiger partial charge on any atom is 0.0551 e. The fraction of sp³-hybridized carbons (Fsp3) is 0.538. The normalized spacial score (nSPS) is 11.1. The quantitative estimate of drug-likeness (QED) is 0.845. The Labute approximate surface area is 108 Å². The Balaban J connectivity index is 1.94. The van der Waals surface area contributed by atoms with Crippen molar-refractivity contribution in [2.45, 2.75) is 47.0 Å². The molecule has 2 aromatic rings. The summed E-state index contributed by atoms with van der Waals surface area (Å²) in [6.07, 6.45) is 3.78. The van der Waals surface area contributed by atoms with Gasteiger partial charge in [0.15, 0.2) is 0 Å². The van der Waals surface area contributed by atoms with Gasteiger partial charge in [-0.15, -0.1) is 0 Å². The third-order valence-corrected chi connectivity index (χ3v) is 3.16. The topological polar surface area (TPSA) is 47.7 Å². The minimum absolute atomic E-state index is 0.835. The smallest absolute Gasteiger partial charge is 0.0551 e. The van der Waals surface area contributed by atoms with E-state index in [9.17, 15) is 0 Å². The highest BCUT2D eigenvalue weighted by Gasteiger charge is 2.06. The van der Waals surface area contributed by atoms with E-state index in [4.69, 9.17) is 0 Å². The van der Waals surface area contributed by atoms with Crippen LogP contribution in [0.4, 0.5) is 0 Å². The molecule has 0 fully saturated rings. The summed E-state index contributed by atoms with van der Waals surface area (Å²) < 4.78 is 4.05. The van der Waals surface area contributed by atoms with E-state index in [1.165, 1.54) is 17.0 Å². The van der Waals surface area contributed by atoms with Gasteiger partial charge in [-0.2, -0.15) is 10.2 Å². The average Bonchev–Trinajstić information content (AvgIpc) is 2.97. The molecule has 0 spiro atoms. The SMILES string of the molecule is CCn1nccc1CNCc1c(C)cnn1CC. The molecule has 0 radical (unpaired) electrons. The number of rotatable bonds is 6. The zero-order valence-corrected chi connectivity index (χ0v) is 11.3. The molecule has 0 saturated heterocycles. The molecule has 2 heterocycles. The summed E-state index contributed by atoms with van der Waals surface area (Å²) in [6, 6.07) is 2.06. The first-order valence-electron chi connectivity index (χ1n) is 6.49. The molecular weight excluding hydrogens is 226 g/mol. The summed E-state index contributed by atoms with van der Waals surface area (Å²) in [7, 11) is 0. The van der Waals surface area contributed by atoms with Crippen LogP contribution in [0.15, 0.2) is 18.5 Å². The highest BCUT2D eigenvalue weighted by molar-refractivity contribution is 5.15. The second-order valence-electron chi connectivity index (χ2n) is 4.33. The number of nitrogens with zero attached hydrogens (tertiary/aromatic N) is 4. The largest absolute Gasteiger partial charge is 0.306 e. The van der Waals surface area contributed by atoms with Crippen molar-refractivity contribution in [2.75, 3.05) is 0 Å². The lowest BCUT2D eigenvalue weighted by atomic mass is 10.2. The molecular formula is C13H21N5. The van der Waals surface area contributed by atoms with Gasteiger partial charge in [0.2, 0.25) is 0 Å². The first-order valence-corrected chi connectivity index (χ1v) is 6.49. The molecule has 0 aliphatic rings.